The van der Waals surface area contributed by atoms with Gasteiger partial charge in [-0.1, -0.05) is 6.07 Å². The second kappa shape index (κ2) is 6.39. The van der Waals surface area contributed by atoms with Crippen LogP contribution in [0.1, 0.15) is 11.3 Å². The molecule has 3 nitrogen and oxygen atoms in total. The number of methoxy groups -OCH3 is 1. The van der Waals surface area contributed by atoms with E-state index < -0.39 is 0 Å². The van der Waals surface area contributed by atoms with Crippen molar-refractivity contribution in [3.05, 3.63) is 50.7 Å². The Balaban J connectivity index is 2.16. The smallest absolute Gasteiger partial charge is 0.141 e. The molecule has 19 heavy (non-hydrogen) atoms. The third-order valence-electron chi connectivity index (χ3n) is 2.69. The summed E-state index contributed by atoms with van der Waals surface area (Å²) in [5.74, 6) is 0.832. The van der Waals surface area contributed by atoms with Crippen molar-refractivity contribution >= 4 is 37.5 Å². The lowest BCUT2D eigenvalue weighted by molar-refractivity contribution is 0.416. The van der Waals surface area contributed by atoms with Crippen LogP contribution in [0.4, 0.5) is 5.69 Å². The van der Waals surface area contributed by atoms with Gasteiger partial charge in [-0.25, -0.2) is 0 Å². The van der Waals surface area contributed by atoms with Gasteiger partial charge in [-0.3, -0.25) is 4.98 Å². The van der Waals surface area contributed by atoms with Crippen LogP contribution >= 0.6 is 31.9 Å². The maximum absolute atomic E-state index is 5.34. The largest absolute Gasteiger partial charge is 0.495 e. The Kier molecular flexibility index (Phi) is 4.82. The van der Waals surface area contributed by atoms with Crippen molar-refractivity contribution < 1.29 is 4.74 Å². The van der Waals surface area contributed by atoms with Crippen LogP contribution in [0.5, 0.6) is 5.75 Å². The van der Waals surface area contributed by atoms with E-state index >= 15 is 0 Å². The highest BCUT2D eigenvalue weighted by molar-refractivity contribution is 9.11. The Bertz CT molecular complexity index is 588. The van der Waals surface area contributed by atoms with Crippen LogP contribution in [0.3, 0.4) is 0 Å². The first-order valence-electron chi connectivity index (χ1n) is 5.78. The second-order valence-electron chi connectivity index (χ2n) is 4.14. The maximum Gasteiger partial charge on any atom is 0.141 e. The minimum atomic E-state index is 0.633. The van der Waals surface area contributed by atoms with E-state index in [2.05, 4.69) is 55.2 Å². The molecule has 5 heteroatoms. The van der Waals surface area contributed by atoms with Crippen molar-refractivity contribution in [1.29, 1.82) is 0 Å². The summed E-state index contributed by atoms with van der Waals surface area (Å²) >= 11 is 6.90. The summed E-state index contributed by atoms with van der Waals surface area (Å²) in [6, 6.07) is 8.03. The lowest BCUT2D eigenvalue weighted by Crippen LogP contribution is -2.04. The molecule has 0 bridgehead atoms. The van der Waals surface area contributed by atoms with E-state index in [-0.39, 0.29) is 0 Å². The fourth-order valence-electron chi connectivity index (χ4n) is 1.71. The highest BCUT2D eigenvalue weighted by atomic mass is 79.9. The van der Waals surface area contributed by atoms with Crippen molar-refractivity contribution in [3.8, 4) is 5.75 Å². The summed E-state index contributed by atoms with van der Waals surface area (Å²) in [4.78, 5) is 4.37. The number of anilines is 1. The van der Waals surface area contributed by atoms with Gasteiger partial charge in [0.15, 0.2) is 0 Å². The molecule has 0 spiro atoms. The molecule has 0 saturated heterocycles. The lowest BCUT2D eigenvalue weighted by atomic mass is 10.2. The number of halogens is 2. The zero-order valence-electron chi connectivity index (χ0n) is 10.7. The predicted molar refractivity (Wildman–Crippen MR) is 84.7 cm³/mol. The van der Waals surface area contributed by atoms with Crippen molar-refractivity contribution in [2.75, 3.05) is 12.4 Å². The number of aryl methyl sites for hydroxylation is 1. The summed E-state index contributed by atoms with van der Waals surface area (Å²) < 4.78 is 7.26. The zero-order chi connectivity index (χ0) is 13.8. The van der Waals surface area contributed by atoms with Gasteiger partial charge in [-0.05, 0) is 62.5 Å². The molecule has 0 saturated carbocycles. The molecule has 0 aliphatic carbocycles. The standard InChI is InChI=1S/C14H14Br2N2O/c1-9-3-4-14(19-2)12(5-9)18-8-13-11(16)6-10(15)7-17-13/h3-7,18H,8H2,1-2H3. The fraction of sp³-hybridized carbons (Fsp3) is 0.214. The number of hydrogen-bond acceptors (Lipinski definition) is 3. The van der Waals surface area contributed by atoms with Crippen LogP contribution in [0, 0.1) is 6.92 Å². The zero-order valence-corrected chi connectivity index (χ0v) is 13.9. The van der Waals surface area contributed by atoms with Crippen LogP contribution in [0.15, 0.2) is 39.4 Å². The number of ether oxygens (including phenoxy) is 1. The number of nitrogens with zero attached hydrogens (tertiary/aromatic N) is 1. The van der Waals surface area contributed by atoms with Crippen molar-refractivity contribution in [1.82, 2.24) is 4.98 Å². The topological polar surface area (TPSA) is 34.1 Å². The SMILES string of the molecule is COc1ccc(C)cc1NCc1ncc(Br)cc1Br. The summed E-state index contributed by atoms with van der Waals surface area (Å²) in [5, 5.41) is 3.35. The highest BCUT2D eigenvalue weighted by Gasteiger charge is 2.06. The van der Waals surface area contributed by atoms with Gasteiger partial charge in [0.25, 0.3) is 0 Å². The van der Waals surface area contributed by atoms with Crippen LogP contribution in [0.25, 0.3) is 0 Å². The molecule has 2 rings (SSSR count). The number of rotatable bonds is 4. The molecular formula is C14H14Br2N2O. The third kappa shape index (κ3) is 3.70. The van der Waals surface area contributed by atoms with Gasteiger partial charge < -0.3 is 10.1 Å². The van der Waals surface area contributed by atoms with Crippen molar-refractivity contribution in [2.45, 2.75) is 13.5 Å². The molecule has 100 valence electrons. The molecule has 1 N–H and O–H groups in total. The minimum absolute atomic E-state index is 0.633. The Labute approximate surface area is 129 Å². The molecular weight excluding hydrogens is 372 g/mol. The average molecular weight is 386 g/mol. The van der Waals surface area contributed by atoms with E-state index in [0.29, 0.717) is 6.54 Å². The van der Waals surface area contributed by atoms with E-state index in [0.717, 1.165) is 26.1 Å². The molecule has 0 aliphatic heterocycles. The van der Waals surface area contributed by atoms with Gasteiger partial charge in [0, 0.05) is 15.1 Å². The Morgan fingerprint density at radius 3 is 2.74 bits per heavy atom. The van der Waals surface area contributed by atoms with Crippen LogP contribution in [-0.2, 0) is 6.54 Å². The molecule has 1 heterocycles. The second-order valence-corrected chi connectivity index (χ2v) is 5.91. The summed E-state index contributed by atoms with van der Waals surface area (Å²) in [6.45, 7) is 2.69. The number of pyridine rings is 1. The van der Waals surface area contributed by atoms with Crippen LogP contribution in [-0.4, -0.2) is 12.1 Å². The first-order valence-corrected chi connectivity index (χ1v) is 7.37. The quantitative estimate of drug-likeness (QED) is 0.839. The monoisotopic (exact) mass is 384 g/mol. The van der Waals surface area contributed by atoms with Gasteiger partial charge in [0.05, 0.1) is 25.0 Å². The van der Waals surface area contributed by atoms with E-state index in [1.54, 1.807) is 13.3 Å². The van der Waals surface area contributed by atoms with Gasteiger partial charge in [-0.2, -0.15) is 0 Å². The Hall–Kier alpha value is -1.07. The average Bonchev–Trinajstić information content (AvgIpc) is 2.38. The molecule has 0 radical (unpaired) electrons. The van der Waals surface area contributed by atoms with Gasteiger partial charge >= 0.3 is 0 Å². The fourth-order valence-corrected chi connectivity index (χ4v) is 2.84. The first kappa shape index (κ1) is 14.3. The number of benzene rings is 1. The minimum Gasteiger partial charge on any atom is -0.495 e. The normalized spacial score (nSPS) is 10.3. The van der Waals surface area contributed by atoms with Crippen molar-refractivity contribution in [3.63, 3.8) is 0 Å². The molecule has 0 fully saturated rings. The van der Waals surface area contributed by atoms with E-state index in [1.165, 1.54) is 5.56 Å². The summed E-state index contributed by atoms with van der Waals surface area (Å²) in [6.07, 6.45) is 1.79. The lowest BCUT2D eigenvalue weighted by Gasteiger charge is -2.12. The van der Waals surface area contributed by atoms with Crippen LogP contribution in [0.2, 0.25) is 0 Å². The molecule has 0 unspecified atom stereocenters. The van der Waals surface area contributed by atoms with E-state index in [4.69, 9.17) is 4.74 Å². The van der Waals surface area contributed by atoms with Crippen LogP contribution < -0.4 is 10.1 Å². The van der Waals surface area contributed by atoms with Crippen molar-refractivity contribution in [2.24, 2.45) is 0 Å². The number of nitrogens with one attached hydrogen (secondary N) is 1. The first-order chi connectivity index (χ1) is 9.10. The molecule has 1 aromatic heterocycles. The predicted octanol–water partition coefficient (Wildman–Crippen LogP) is 4.54. The summed E-state index contributed by atoms with van der Waals surface area (Å²) in [7, 11) is 1.67. The summed E-state index contributed by atoms with van der Waals surface area (Å²) in [5.41, 5.74) is 3.11. The van der Waals surface area contributed by atoms with Gasteiger partial charge in [-0.15, -0.1) is 0 Å². The van der Waals surface area contributed by atoms with E-state index in [9.17, 15) is 0 Å². The number of aromatic nitrogens is 1. The molecule has 2 aromatic rings. The molecule has 1 aromatic carbocycles. The molecule has 0 atom stereocenters. The highest BCUT2D eigenvalue weighted by Crippen LogP contribution is 2.27. The Morgan fingerprint density at radius 2 is 2.05 bits per heavy atom. The van der Waals surface area contributed by atoms with E-state index in [1.807, 2.05) is 18.2 Å². The third-order valence-corrected chi connectivity index (χ3v) is 3.81. The molecule has 0 aliphatic rings. The Morgan fingerprint density at radius 1 is 1.26 bits per heavy atom. The van der Waals surface area contributed by atoms with Gasteiger partial charge in [0.2, 0.25) is 0 Å². The van der Waals surface area contributed by atoms with Gasteiger partial charge in [0.1, 0.15) is 5.75 Å². The maximum atomic E-state index is 5.34. The number of hydrogen-bond donors (Lipinski definition) is 1. The molecule has 0 amide bonds.